The summed E-state index contributed by atoms with van der Waals surface area (Å²) in [6.07, 6.45) is 0. The Morgan fingerprint density at radius 3 is 2.71 bits per heavy atom. The molecule has 0 aromatic heterocycles. The van der Waals surface area contributed by atoms with E-state index in [9.17, 15) is 0 Å². The number of hydrogen-bond acceptors (Lipinski definition) is 4. The summed E-state index contributed by atoms with van der Waals surface area (Å²) in [7, 11) is 0. The average Bonchev–Trinajstić information content (AvgIpc) is 2.35. The number of nitrogens with one attached hydrogen (secondary N) is 1. The van der Waals surface area contributed by atoms with Crippen LogP contribution in [0.1, 0.15) is 19.4 Å². The molecule has 4 heteroatoms. The van der Waals surface area contributed by atoms with Crippen molar-refractivity contribution in [3.05, 3.63) is 23.8 Å². The molecule has 4 nitrogen and oxygen atoms in total. The predicted octanol–water partition coefficient (Wildman–Crippen LogP) is 1.57. The van der Waals surface area contributed by atoms with Crippen molar-refractivity contribution in [2.45, 2.75) is 20.4 Å². The van der Waals surface area contributed by atoms with E-state index in [0.29, 0.717) is 6.61 Å². The molecule has 0 saturated heterocycles. The van der Waals surface area contributed by atoms with E-state index in [1.807, 2.05) is 25.1 Å². The molecule has 1 aromatic carbocycles. The summed E-state index contributed by atoms with van der Waals surface area (Å²) in [5.41, 5.74) is 1.05. The summed E-state index contributed by atoms with van der Waals surface area (Å²) in [6, 6.07) is 5.83. The van der Waals surface area contributed by atoms with E-state index in [2.05, 4.69) is 12.2 Å². The molecule has 0 heterocycles. The Bertz CT molecular complexity index is 328. The summed E-state index contributed by atoms with van der Waals surface area (Å²) in [4.78, 5) is 0. The van der Waals surface area contributed by atoms with Gasteiger partial charge in [0.1, 0.15) is 6.61 Å². The van der Waals surface area contributed by atoms with Gasteiger partial charge in [0, 0.05) is 12.1 Å². The zero-order chi connectivity index (χ0) is 12.5. The summed E-state index contributed by atoms with van der Waals surface area (Å²) < 4.78 is 11.1. The lowest BCUT2D eigenvalue weighted by Gasteiger charge is -2.15. The molecule has 0 fully saturated rings. The number of para-hydroxylation sites is 1. The topological polar surface area (TPSA) is 50.7 Å². The Kier molecular flexibility index (Phi) is 6.43. The van der Waals surface area contributed by atoms with Crippen molar-refractivity contribution >= 4 is 0 Å². The predicted molar refractivity (Wildman–Crippen MR) is 67.6 cm³/mol. The highest BCUT2D eigenvalue weighted by molar-refractivity contribution is 5.46. The van der Waals surface area contributed by atoms with E-state index in [4.69, 9.17) is 14.6 Å². The Labute approximate surface area is 103 Å². The highest BCUT2D eigenvalue weighted by Crippen LogP contribution is 2.31. The molecule has 17 heavy (non-hydrogen) atoms. The maximum absolute atomic E-state index is 8.83. The van der Waals surface area contributed by atoms with Crippen molar-refractivity contribution in [2.75, 3.05) is 26.4 Å². The fourth-order valence-electron chi connectivity index (χ4n) is 1.54. The normalized spacial score (nSPS) is 10.3. The maximum Gasteiger partial charge on any atom is 0.165 e. The van der Waals surface area contributed by atoms with Gasteiger partial charge in [0.15, 0.2) is 11.5 Å². The third-order valence-corrected chi connectivity index (χ3v) is 2.26. The van der Waals surface area contributed by atoms with E-state index in [1.54, 1.807) is 0 Å². The third kappa shape index (κ3) is 4.24. The van der Waals surface area contributed by atoms with Gasteiger partial charge >= 0.3 is 0 Å². The molecule has 0 aliphatic carbocycles. The van der Waals surface area contributed by atoms with Gasteiger partial charge in [-0.1, -0.05) is 19.1 Å². The van der Waals surface area contributed by atoms with Gasteiger partial charge in [-0.25, -0.2) is 0 Å². The van der Waals surface area contributed by atoms with Gasteiger partial charge in [-0.15, -0.1) is 0 Å². The van der Waals surface area contributed by atoms with Crippen LogP contribution < -0.4 is 14.8 Å². The molecule has 0 saturated carbocycles. The van der Waals surface area contributed by atoms with Gasteiger partial charge in [-0.2, -0.15) is 0 Å². The van der Waals surface area contributed by atoms with Gasteiger partial charge in [0.25, 0.3) is 0 Å². The van der Waals surface area contributed by atoms with Crippen molar-refractivity contribution in [2.24, 2.45) is 0 Å². The average molecular weight is 239 g/mol. The molecule has 0 amide bonds. The third-order valence-electron chi connectivity index (χ3n) is 2.26. The number of aliphatic hydroxyl groups excluding tert-OH is 1. The minimum absolute atomic E-state index is 0.00110. The van der Waals surface area contributed by atoms with Crippen molar-refractivity contribution < 1.29 is 14.6 Å². The van der Waals surface area contributed by atoms with Crippen LogP contribution in [0.2, 0.25) is 0 Å². The highest BCUT2D eigenvalue weighted by Gasteiger charge is 2.10. The van der Waals surface area contributed by atoms with Gasteiger partial charge < -0.3 is 19.9 Å². The Balaban J connectivity index is 2.87. The molecule has 0 atom stereocenters. The first kappa shape index (κ1) is 13.8. The second-order valence-corrected chi connectivity index (χ2v) is 3.53. The summed E-state index contributed by atoms with van der Waals surface area (Å²) in [6.45, 7) is 6.51. The number of rotatable bonds is 8. The Morgan fingerprint density at radius 1 is 1.24 bits per heavy atom. The summed E-state index contributed by atoms with van der Waals surface area (Å²) >= 11 is 0. The molecule has 1 aromatic rings. The van der Waals surface area contributed by atoms with Crippen LogP contribution in [0.5, 0.6) is 11.5 Å². The quantitative estimate of drug-likeness (QED) is 0.723. The van der Waals surface area contributed by atoms with Crippen LogP contribution in [0.3, 0.4) is 0 Å². The maximum atomic E-state index is 8.83. The van der Waals surface area contributed by atoms with Crippen LogP contribution >= 0.6 is 0 Å². The van der Waals surface area contributed by atoms with Gasteiger partial charge in [0.2, 0.25) is 0 Å². The Morgan fingerprint density at radius 2 is 2.06 bits per heavy atom. The number of benzene rings is 1. The molecule has 0 radical (unpaired) electrons. The minimum Gasteiger partial charge on any atom is -0.490 e. The van der Waals surface area contributed by atoms with Crippen molar-refractivity contribution in [1.82, 2.24) is 5.32 Å². The first-order chi connectivity index (χ1) is 8.33. The van der Waals surface area contributed by atoms with E-state index < -0.39 is 0 Å². The first-order valence-electron chi connectivity index (χ1n) is 6.02. The van der Waals surface area contributed by atoms with Crippen LogP contribution in [0.15, 0.2) is 18.2 Å². The van der Waals surface area contributed by atoms with E-state index in [1.165, 1.54) is 0 Å². The van der Waals surface area contributed by atoms with E-state index >= 15 is 0 Å². The van der Waals surface area contributed by atoms with Crippen LogP contribution in [-0.4, -0.2) is 31.5 Å². The van der Waals surface area contributed by atoms with Gasteiger partial charge in [-0.05, 0) is 19.5 Å². The molecule has 96 valence electrons. The monoisotopic (exact) mass is 239 g/mol. The fourth-order valence-corrected chi connectivity index (χ4v) is 1.54. The number of hydrogen-bond donors (Lipinski definition) is 2. The number of ether oxygens (including phenoxy) is 2. The lowest BCUT2D eigenvalue weighted by atomic mass is 10.2. The highest BCUT2D eigenvalue weighted by atomic mass is 16.5. The standard InChI is InChI=1S/C13H21NO3/c1-3-14-10-11-6-5-7-12(16-4-2)13(11)17-9-8-15/h5-7,14-15H,3-4,8-10H2,1-2H3. The van der Waals surface area contributed by atoms with Crippen LogP contribution in [-0.2, 0) is 6.54 Å². The zero-order valence-electron chi connectivity index (χ0n) is 10.5. The van der Waals surface area contributed by atoms with Crippen LogP contribution in [0.25, 0.3) is 0 Å². The first-order valence-corrected chi connectivity index (χ1v) is 6.02. The number of aliphatic hydroxyl groups is 1. The van der Waals surface area contributed by atoms with Gasteiger partial charge in [-0.3, -0.25) is 0 Å². The molecule has 1 rings (SSSR count). The smallest absolute Gasteiger partial charge is 0.165 e. The molecule has 2 N–H and O–H groups in total. The fraction of sp³-hybridized carbons (Fsp3) is 0.538. The molecule has 0 bridgehead atoms. The van der Waals surface area contributed by atoms with Crippen LogP contribution in [0.4, 0.5) is 0 Å². The SMILES string of the molecule is CCNCc1cccc(OCC)c1OCCO. The lowest BCUT2D eigenvalue weighted by Crippen LogP contribution is -2.14. The molecule has 0 spiro atoms. The summed E-state index contributed by atoms with van der Waals surface area (Å²) in [5, 5.41) is 12.1. The second-order valence-electron chi connectivity index (χ2n) is 3.53. The molecule has 0 aliphatic heterocycles. The van der Waals surface area contributed by atoms with Crippen molar-refractivity contribution in [1.29, 1.82) is 0 Å². The van der Waals surface area contributed by atoms with E-state index in [0.717, 1.165) is 30.2 Å². The Hall–Kier alpha value is -1.26. The van der Waals surface area contributed by atoms with Crippen molar-refractivity contribution in [3.8, 4) is 11.5 Å². The zero-order valence-corrected chi connectivity index (χ0v) is 10.5. The van der Waals surface area contributed by atoms with Crippen LogP contribution in [0, 0.1) is 0 Å². The summed E-state index contributed by atoms with van der Waals surface area (Å²) in [5.74, 6) is 1.46. The molecule has 0 unspecified atom stereocenters. The van der Waals surface area contributed by atoms with E-state index in [-0.39, 0.29) is 13.2 Å². The largest absolute Gasteiger partial charge is 0.490 e. The second kappa shape index (κ2) is 7.92. The van der Waals surface area contributed by atoms with Crippen molar-refractivity contribution in [3.63, 3.8) is 0 Å². The lowest BCUT2D eigenvalue weighted by molar-refractivity contribution is 0.193. The molecule has 0 aliphatic rings. The minimum atomic E-state index is 0.00110. The molecular formula is C13H21NO3. The van der Waals surface area contributed by atoms with Gasteiger partial charge in [0.05, 0.1) is 13.2 Å². The molecular weight excluding hydrogens is 218 g/mol.